The minimum absolute atomic E-state index is 0.424. The molecule has 0 aliphatic rings. The molecule has 1 unspecified atom stereocenters. The maximum atomic E-state index is 5.18. The van der Waals surface area contributed by atoms with Crippen LogP contribution in [0.4, 0.5) is 0 Å². The summed E-state index contributed by atoms with van der Waals surface area (Å²) in [5.41, 5.74) is 1.07. The number of hydrogen-bond acceptors (Lipinski definition) is 3. The Bertz CT molecular complexity index is 478. The molecule has 4 nitrogen and oxygen atoms in total. The van der Waals surface area contributed by atoms with Crippen molar-refractivity contribution in [3.63, 3.8) is 0 Å². The van der Waals surface area contributed by atoms with Gasteiger partial charge in [0.25, 0.3) is 0 Å². The van der Waals surface area contributed by atoms with Crippen LogP contribution in [-0.2, 0) is 6.42 Å². The van der Waals surface area contributed by atoms with Crippen molar-refractivity contribution in [2.75, 3.05) is 14.2 Å². The van der Waals surface area contributed by atoms with E-state index < -0.39 is 0 Å². The zero-order valence-corrected chi connectivity index (χ0v) is 9.90. The summed E-state index contributed by atoms with van der Waals surface area (Å²) in [6.45, 7) is 2.14. The predicted octanol–water partition coefficient (Wildman–Crippen LogP) is 1.49. The lowest BCUT2D eigenvalue weighted by Gasteiger charge is -2.09. The molecule has 0 aliphatic carbocycles. The van der Waals surface area contributed by atoms with E-state index in [0.29, 0.717) is 6.04 Å². The van der Waals surface area contributed by atoms with Crippen LogP contribution in [0.1, 0.15) is 12.7 Å². The van der Waals surface area contributed by atoms with Gasteiger partial charge in [0.2, 0.25) is 0 Å². The Labute approximate surface area is 95.3 Å². The first kappa shape index (κ1) is 11.0. The lowest BCUT2D eigenvalue weighted by atomic mass is 10.2. The Morgan fingerprint density at radius 1 is 1.56 bits per heavy atom. The Morgan fingerprint density at radius 3 is 3.06 bits per heavy atom. The molecule has 0 bridgehead atoms. The fourth-order valence-electron chi connectivity index (χ4n) is 1.69. The van der Waals surface area contributed by atoms with Crippen LogP contribution in [0.5, 0.6) is 5.75 Å². The highest BCUT2D eigenvalue weighted by atomic mass is 16.5. The molecule has 2 aromatic heterocycles. The summed E-state index contributed by atoms with van der Waals surface area (Å²) in [5, 5.41) is 3.21. The highest BCUT2D eigenvalue weighted by Gasteiger charge is 2.07. The summed E-state index contributed by atoms with van der Waals surface area (Å²) in [6, 6.07) is 4.36. The maximum Gasteiger partial charge on any atom is 0.122 e. The number of ether oxygens (including phenoxy) is 1. The molecule has 1 N–H and O–H groups in total. The van der Waals surface area contributed by atoms with Crippen molar-refractivity contribution < 1.29 is 4.74 Å². The number of aromatic nitrogens is 2. The van der Waals surface area contributed by atoms with Crippen molar-refractivity contribution in [1.82, 2.24) is 14.7 Å². The topological polar surface area (TPSA) is 38.6 Å². The first-order valence-electron chi connectivity index (χ1n) is 5.42. The second kappa shape index (κ2) is 4.53. The van der Waals surface area contributed by atoms with Gasteiger partial charge in [-0.3, -0.25) is 0 Å². The Kier molecular flexibility index (Phi) is 3.10. The third-order valence-corrected chi connectivity index (χ3v) is 2.80. The normalized spacial score (nSPS) is 12.9. The van der Waals surface area contributed by atoms with E-state index in [9.17, 15) is 0 Å². The van der Waals surface area contributed by atoms with E-state index in [0.717, 1.165) is 23.5 Å². The molecule has 0 radical (unpaired) electrons. The van der Waals surface area contributed by atoms with Gasteiger partial charge in [0.1, 0.15) is 11.6 Å². The quantitative estimate of drug-likeness (QED) is 0.846. The number of pyridine rings is 1. The third-order valence-electron chi connectivity index (χ3n) is 2.80. The second-order valence-corrected chi connectivity index (χ2v) is 3.93. The van der Waals surface area contributed by atoms with Gasteiger partial charge >= 0.3 is 0 Å². The predicted molar refractivity (Wildman–Crippen MR) is 64.0 cm³/mol. The van der Waals surface area contributed by atoms with E-state index >= 15 is 0 Å². The molecule has 2 aromatic rings. The number of methoxy groups -OCH3 is 1. The van der Waals surface area contributed by atoms with E-state index in [1.165, 1.54) is 0 Å². The minimum Gasteiger partial charge on any atom is -0.497 e. The Hall–Kier alpha value is -1.55. The summed E-state index contributed by atoms with van der Waals surface area (Å²) in [6.07, 6.45) is 4.79. The van der Waals surface area contributed by atoms with Crippen LogP contribution in [0.25, 0.3) is 5.52 Å². The number of imidazole rings is 1. The van der Waals surface area contributed by atoms with Crippen LogP contribution in [0.15, 0.2) is 24.5 Å². The molecule has 86 valence electrons. The van der Waals surface area contributed by atoms with E-state index in [4.69, 9.17) is 4.74 Å². The second-order valence-electron chi connectivity index (χ2n) is 3.93. The number of likely N-dealkylation sites (N-methyl/N-ethyl adjacent to an activating group) is 1. The standard InChI is InChI=1S/C12H17N3O/c1-9(13-2)6-12-14-8-10-7-11(16-3)4-5-15(10)12/h4-5,7-9,13H,6H2,1-3H3. The zero-order chi connectivity index (χ0) is 11.5. The molecule has 0 fully saturated rings. The number of nitrogens with zero attached hydrogens (tertiary/aromatic N) is 2. The maximum absolute atomic E-state index is 5.18. The number of nitrogens with one attached hydrogen (secondary N) is 1. The van der Waals surface area contributed by atoms with Crippen molar-refractivity contribution in [1.29, 1.82) is 0 Å². The number of rotatable bonds is 4. The average molecular weight is 219 g/mol. The van der Waals surface area contributed by atoms with Crippen LogP contribution in [0.2, 0.25) is 0 Å². The van der Waals surface area contributed by atoms with Crippen LogP contribution in [-0.4, -0.2) is 29.6 Å². The molecule has 0 saturated carbocycles. The van der Waals surface area contributed by atoms with E-state index in [1.807, 2.05) is 31.6 Å². The van der Waals surface area contributed by atoms with Gasteiger partial charge in [-0.05, 0) is 20.0 Å². The summed E-state index contributed by atoms with van der Waals surface area (Å²) in [5.74, 6) is 1.93. The van der Waals surface area contributed by atoms with Crippen molar-refractivity contribution in [2.24, 2.45) is 0 Å². The zero-order valence-electron chi connectivity index (χ0n) is 9.90. The van der Waals surface area contributed by atoms with Crippen LogP contribution in [0, 0.1) is 0 Å². The SMILES string of the molecule is CNC(C)Cc1ncc2cc(OC)ccn12. The number of hydrogen-bond donors (Lipinski definition) is 1. The van der Waals surface area contributed by atoms with Crippen LogP contribution >= 0.6 is 0 Å². The lowest BCUT2D eigenvalue weighted by molar-refractivity contribution is 0.414. The highest BCUT2D eigenvalue weighted by Crippen LogP contribution is 2.16. The molecule has 0 amide bonds. The average Bonchev–Trinajstić information content (AvgIpc) is 2.71. The summed E-state index contributed by atoms with van der Waals surface area (Å²) in [4.78, 5) is 4.43. The molecule has 16 heavy (non-hydrogen) atoms. The molecule has 4 heteroatoms. The summed E-state index contributed by atoms with van der Waals surface area (Å²) < 4.78 is 7.27. The van der Waals surface area contributed by atoms with Crippen molar-refractivity contribution >= 4 is 5.52 Å². The van der Waals surface area contributed by atoms with Gasteiger partial charge in [-0.1, -0.05) is 0 Å². The molecule has 0 aliphatic heterocycles. The van der Waals surface area contributed by atoms with Gasteiger partial charge in [-0.25, -0.2) is 4.98 Å². The molecular weight excluding hydrogens is 202 g/mol. The van der Waals surface area contributed by atoms with Gasteiger partial charge in [0.05, 0.1) is 18.8 Å². The molecule has 0 aromatic carbocycles. The molecular formula is C12H17N3O. The van der Waals surface area contributed by atoms with E-state index in [-0.39, 0.29) is 0 Å². The first-order valence-corrected chi connectivity index (χ1v) is 5.42. The molecule has 0 saturated heterocycles. The lowest BCUT2D eigenvalue weighted by Crippen LogP contribution is -2.24. The van der Waals surface area contributed by atoms with Gasteiger partial charge in [-0.2, -0.15) is 0 Å². The monoisotopic (exact) mass is 219 g/mol. The fourth-order valence-corrected chi connectivity index (χ4v) is 1.69. The largest absolute Gasteiger partial charge is 0.497 e. The van der Waals surface area contributed by atoms with E-state index in [1.54, 1.807) is 7.11 Å². The molecule has 2 heterocycles. The Balaban J connectivity index is 2.34. The van der Waals surface area contributed by atoms with Crippen LogP contribution in [0.3, 0.4) is 0 Å². The van der Waals surface area contributed by atoms with Gasteiger partial charge < -0.3 is 14.5 Å². The molecule has 2 rings (SSSR count). The van der Waals surface area contributed by atoms with Crippen LogP contribution < -0.4 is 10.1 Å². The first-order chi connectivity index (χ1) is 7.74. The van der Waals surface area contributed by atoms with Crippen molar-refractivity contribution in [2.45, 2.75) is 19.4 Å². The van der Waals surface area contributed by atoms with Gasteiger partial charge in [0.15, 0.2) is 0 Å². The van der Waals surface area contributed by atoms with Crippen molar-refractivity contribution in [3.05, 3.63) is 30.4 Å². The van der Waals surface area contributed by atoms with Gasteiger partial charge in [0, 0.05) is 24.7 Å². The minimum atomic E-state index is 0.424. The number of fused-ring (bicyclic) bond motifs is 1. The van der Waals surface area contributed by atoms with E-state index in [2.05, 4.69) is 21.6 Å². The summed E-state index contributed by atoms with van der Waals surface area (Å²) in [7, 11) is 3.63. The molecule has 1 atom stereocenters. The smallest absolute Gasteiger partial charge is 0.122 e. The summed E-state index contributed by atoms with van der Waals surface area (Å²) >= 11 is 0. The van der Waals surface area contributed by atoms with Crippen molar-refractivity contribution in [3.8, 4) is 5.75 Å². The molecule has 0 spiro atoms. The fraction of sp³-hybridized carbons (Fsp3) is 0.417. The van der Waals surface area contributed by atoms with Gasteiger partial charge in [-0.15, -0.1) is 0 Å². The third kappa shape index (κ3) is 2.02. The highest BCUT2D eigenvalue weighted by molar-refractivity contribution is 5.50. The Morgan fingerprint density at radius 2 is 2.38 bits per heavy atom.